The Labute approximate surface area is 84.6 Å². The highest BCUT2D eigenvalue weighted by atomic mass is 16.6. The van der Waals surface area contributed by atoms with Crippen LogP contribution in [0.15, 0.2) is 12.4 Å². The molecule has 0 unspecified atom stereocenters. The Morgan fingerprint density at radius 1 is 1.57 bits per heavy atom. The molecule has 1 aliphatic rings. The molecule has 0 bridgehead atoms. The second-order valence-corrected chi connectivity index (χ2v) is 2.98. The molecule has 1 rings (SSSR count). The number of hydrogen-bond acceptors (Lipinski definition) is 4. The first-order valence-electron chi connectivity index (χ1n) is 4.49. The third-order valence-electron chi connectivity index (χ3n) is 1.62. The molecule has 0 aromatic rings. The van der Waals surface area contributed by atoms with E-state index in [1.54, 1.807) is 0 Å². The zero-order valence-electron chi connectivity index (χ0n) is 8.93. The van der Waals surface area contributed by atoms with Crippen molar-refractivity contribution in [1.82, 2.24) is 9.80 Å². The van der Waals surface area contributed by atoms with Gasteiger partial charge < -0.3 is 19.6 Å². The minimum absolute atomic E-state index is 1.06. The molecular formula is C9H18N2O3. The molecule has 0 aromatic heterocycles. The Kier molecular flexibility index (Phi) is 6.36. The Morgan fingerprint density at radius 3 is 2.43 bits per heavy atom. The van der Waals surface area contributed by atoms with Crippen molar-refractivity contribution < 1.29 is 14.6 Å². The first-order chi connectivity index (χ1) is 6.60. The van der Waals surface area contributed by atoms with E-state index in [9.17, 15) is 0 Å². The maximum absolute atomic E-state index is 9.15. The number of carboxylic acid groups (broad SMARTS) is 1. The minimum atomic E-state index is -1.25. The summed E-state index contributed by atoms with van der Waals surface area (Å²) >= 11 is 0. The average Bonchev–Trinajstić information content (AvgIpc) is 2.53. The van der Waals surface area contributed by atoms with Crippen LogP contribution in [0.3, 0.4) is 0 Å². The van der Waals surface area contributed by atoms with Crippen molar-refractivity contribution in [3.8, 4) is 0 Å². The van der Waals surface area contributed by atoms with Crippen LogP contribution in [0.25, 0.3) is 0 Å². The van der Waals surface area contributed by atoms with Crippen molar-refractivity contribution >= 4 is 6.16 Å². The topological polar surface area (TPSA) is 53.0 Å². The van der Waals surface area contributed by atoms with Gasteiger partial charge in [-0.1, -0.05) is 6.92 Å². The number of nitrogens with zero attached hydrogens (tertiary/aromatic N) is 2. The van der Waals surface area contributed by atoms with Crippen molar-refractivity contribution in [2.45, 2.75) is 13.3 Å². The summed E-state index contributed by atoms with van der Waals surface area (Å²) in [6.45, 7) is 4.45. The van der Waals surface area contributed by atoms with Crippen molar-refractivity contribution in [2.24, 2.45) is 0 Å². The highest BCUT2D eigenvalue weighted by molar-refractivity contribution is 5.56. The van der Waals surface area contributed by atoms with Crippen LogP contribution >= 0.6 is 0 Å². The molecule has 82 valence electrons. The summed E-state index contributed by atoms with van der Waals surface area (Å²) in [6, 6.07) is 0. The minimum Gasteiger partial charge on any atom is -0.450 e. The lowest BCUT2D eigenvalue weighted by Gasteiger charge is -2.16. The average molecular weight is 202 g/mol. The molecule has 1 N–H and O–H groups in total. The van der Waals surface area contributed by atoms with E-state index in [0.717, 1.165) is 13.8 Å². The highest BCUT2D eigenvalue weighted by Gasteiger charge is 2.04. The Hall–Kier alpha value is -1.39. The van der Waals surface area contributed by atoms with Gasteiger partial charge in [-0.25, -0.2) is 4.79 Å². The molecule has 0 aliphatic carbocycles. The largest absolute Gasteiger partial charge is 0.505 e. The van der Waals surface area contributed by atoms with Crippen LogP contribution in [-0.4, -0.2) is 48.4 Å². The Balaban J connectivity index is 0.000000292. The van der Waals surface area contributed by atoms with E-state index in [1.165, 1.54) is 13.0 Å². The maximum Gasteiger partial charge on any atom is 0.505 e. The summed E-state index contributed by atoms with van der Waals surface area (Å²) < 4.78 is 3.67. The van der Waals surface area contributed by atoms with Crippen molar-refractivity contribution in [3.63, 3.8) is 0 Å². The van der Waals surface area contributed by atoms with Gasteiger partial charge in [-0.3, -0.25) is 0 Å². The fraction of sp³-hybridized carbons (Fsp3) is 0.667. The predicted octanol–water partition coefficient (Wildman–Crippen LogP) is 1.38. The molecule has 0 amide bonds. The van der Waals surface area contributed by atoms with Crippen LogP contribution < -0.4 is 0 Å². The van der Waals surface area contributed by atoms with Gasteiger partial charge >= 0.3 is 6.16 Å². The van der Waals surface area contributed by atoms with Gasteiger partial charge in [-0.05, 0) is 6.42 Å². The number of ether oxygens (including phenoxy) is 1. The Bertz CT molecular complexity index is 194. The van der Waals surface area contributed by atoms with E-state index in [0.29, 0.717) is 0 Å². The number of rotatable bonds is 2. The molecular weight excluding hydrogens is 184 g/mol. The first-order valence-corrected chi connectivity index (χ1v) is 4.49. The van der Waals surface area contributed by atoms with E-state index in [-0.39, 0.29) is 0 Å². The molecule has 1 aliphatic heterocycles. The third-order valence-corrected chi connectivity index (χ3v) is 1.62. The lowest BCUT2D eigenvalue weighted by atomic mass is 10.4. The SMILES string of the molecule is CCCN1C=CN(C)C1.COC(=O)O. The third kappa shape index (κ3) is 6.16. The van der Waals surface area contributed by atoms with Gasteiger partial charge in [0, 0.05) is 26.0 Å². The molecule has 0 saturated heterocycles. The summed E-state index contributed by atoms with van der Waals surface area (Å²) in [4.78, 5) is 13.6. The fourth-order valence-electron chi connectivity index (χ4n) is 1.02. The lowest BCUT2D eigenvalue weighted by Crippen LogP contribution is -2.22. The second kappa shape index (κ2) is 7.06. The number of carbonyl (C=O) groups is 1. The molecule has 0 spiro atoms. The smallest absolute Gasteiger partial charge is 0.450 e. The zero-order chi connectivity index (χ0) is 11.0. The fourth-order valence-corrected chi connectivity index (χ4v) is 1.02. The molecule has 5 nitrogen and oxygen atoms in total. The van der Waals surface area contributed by atoms with E-state index >= 15 is 0 Å². The van der Waals surface area contributed by atoms with E-state index in [2.05, 4.69) is 40.9 Å². The van der Waals surface area contributed by atoms with Crippen LogP contribution in [0.5, 0.6) is 0 Å². The van der Waals surface area contributed by atoms with E-state index in [4.69, 9.17) is 9.90 Å². The van der Waals surface area contributed by atoms with Crippen molar-refractivity contribution in [3.05, 3.63) is 12.4 Å². The van der Waals surface area contributed by atoms with Gasteiger partial charge in [0.2, 0.25) is 0 Å². The quantitative estimate of drug-likeness (QED) is 0.686. The Morgan fingerprint density at radius 2 is 2.14 bits per heavy atom. The normalized spacial score (nSPS) is 13.6. The molecule has 0 fully saturated rings. The predicted molar refractivity (Wildman–Crippen MR) is 53.8 cm³/mol. The molecule has 0 saturated carbocycles. The van der Waals surface area contributed by atoms with Gasteiger partial charge in [0.05, 0.1) is 13.8 Å². The second-order valence-electron chi connectivity index (χ2n) is 2.98. The molecule has 0 atom stereocenters. The van der Waals surface area contributed by atoms with Gasteiger partial charge in [-0.15, -0.1) is 0 Å². The van der Waals surface area contributed by atoms with Gasteiger partial charge in [0.25, 0.3) is 0 Å². The lowest BCUT2D eigenvalue weighted by molar-refractivity contribution is 0.114. The molecule has 0 radical (unpaired) electrons. The van der Waals surface area contributed by atoms with Crippen molar-refractivity contribution in [2.75, 3.05) is 27.4 Å². The summed E-state index contributed by atoms with van der Waals surface area (Å²) in [6.07, 6.45) is 4.24. The molecule has 14 heavy (non-hydrogen) atoms. The first kappa shape index (κ1) is 12.6. The van der Waals surface area contributed by atoms with Gasteiger partial charge in [0.1, 0.15) is 0 Å². The van der Waals surface area contributed by atoms with Crippen LogP contribution in [0.4, 0.5) is 4.79 Å². The van der Waals surface area contributed by atoms with Crippen LogP contribution in [0.2, 0.25) is 0 Å². The number of hydrogen-bond donors (Lipinski definition) is 1. The summed E-state index contributed by atoms with van der Waals surface area (Å²) in [5, 5.41) is 7.50. The molecule has 1 heterocycles. The highest BCUT2D eigenvalue weighted by Crippen LogP contribution is 2.02. The van der Waals surface area contributed by atoms with Gasteiger partial charge in [-0.2, -0.15) is 0 Å². The zero-order valence-corrected chi connectivity index (χ0v) is 8.93. The summed E-state index contributed by atoms with van der Waals surface area (Å²) in [5.41, 5.74) is 0. The van der Waals surface area contributed by atoms with Crippen LogP contribution in [0, 0.1) is 0 Å². The summed E-state index contributed by atoms with van der Waals surface area (Å²) in [7, 11) is 3.19. The number of methoxy groups -OCH3 is 1. The standard InChI is InChI=1S/C7H14N2.C2H4O3/c1-3-4-9-6-5-8(2)7-9;1-5-2(3)4/h5-6H,3-4,7H2,1-2H3;1H3,(H,3,4). The maximum atomic E-state index is 9.15. The monoisotopic (exact) mass is 202 g/mol. The molecule has 0 aromatic carbocycles. The van der Waals surface area contributed by atoms with Gasteiger partial charge in [0.15, 0.2) is 0 Å². The van der Waals surface area contributed by atoms with Crippen LogP contribution in [0.1, 0.15) is 13.3 Å². The van der Waals surface area contributed by atoms with E-state index < -0.39 is 6.16 Å². The molecule has 5 heteroatoms. The van der Waals surface area contributed by atoms with Crippen molar-refractivity contribution in [1.29, 1.82) is 0 Å². The van der Waals surface area contributed by atoms with Crippen LogP contribution in [-0.2, 0) is 4.74 Å². The van der Waals surface area contributed by atoms with E-state index in [1.807, 2.05) is 0 Å². The summed E-state index contributed by atoms with van der Waals surface area (Å²) in [5.74, 6) is 0.